The lowest BCUT2D eigenvalue weighted by Gasteiger charge is -2.07. The molecule has 0 spiro atoms. The van der Waals surface area contributed by atoms with Gasteiger partial charge in [0.1, 0.15) is 11.3 Å². The lowest BCUT2D eigenvalue weighted by molar-refractivity contribution is -0.137. The molecule has 0 aliphatic carbocycles. The number of rotatable bonds is 3. The number of alkyl halides is 3. The number of nitrogens with two attached hydrogens (primary N) is 1. The molecule has 0 bridgehead atoms. The Hall–Kier alpha value is -2.09. The minimum absolute atomic E-state index is 0.0859. The zero-order chi connectivity index (χ0) is 15.1. The highest BCUT2D eigenvalue weighted by Crippen LogP contribution is 2.33. The first-order valence-electron chi connectivity index (χ1n) is 5.76. The van der Waals surface area contributed by atoms with Gasteiger partial charge in [-0.05, 0) is 18.6 Å². The van der Waals surface area contributed by atoms with Gasteiger partial charge in [0.05, 0.1) is 5.56 Å². The van der Waals surface area contributed by atoms with Gasteiger partial charge in [0.2, 0.25) is 0 Å². The molecular weight excluding hydrogens is 275 g/mol. The summed E-state index contributed by atoms with van der Waals surface area (Å²) in [5.41, 5.74) is 4.86. The highest BCUT2D eigenvalue weighted by molar-refractivity contribution is 5.97. The van der Waals surface area contributed by atoms with Gasteiger partial charge < -0.3 is 15.4 Å². The van der Waals surface area contributed by atoms with Crippen LogP contribution in [0.25, 0.3) is 11.0 Å². The maximum Gasteiger partial charge on any atom is 0.417 e. The normalized spacial score (nSPS) is 12.1. The lowest BCUT2D eigenvalue weighted by atomic mass is 10.1. The summed E-state index contributed by atoms with van der Waals surface area (Å²) in [5.74, 6) is -1.22. The van der Waals surface area contributed by atoms with Gasteiger partial charge >= 0.3 is 12.1 Å². The van der Waals surface area contributed by atoms with E-state index in [0.29, 0.717) is 6.20 Å². The maximum atomic E-state index is 12.7. The Morgan fingerprint density at radius 1 is 1.50 bits per heavy atom. The molecule has 0 aliphatic heterocycles. The zero-order valence-electron chi connectivity index (χ0n) is 10.5. The quantitative estimate of drug-likeness (QED) is 0.905. The molecule has 5 nitrogen and oxygen atoms in total. The summed E-state index contributed by atoms with van der Waals surface area (Å²) in [4.78, 5) is 15.0. The molecule has 0 radical (unpaired) electrons. The van der Waals surface area contributed by atoms with Crippen LogP contribution in [0.3, 0.4) is 0 Å². The first-order valence-corrected chi connectivity index (χ1v) is 5.76. The first-order chi connectivity index (χ1) is 9.27. The van der Waals surface area contributed by atoms with Crippen molar-refractivity contribution in [3.05, 3.63) is 29.1 Å². The van der Waals surface area contributed by atoms with Crippen LogP contribution in [0.5, 0.6) is 0 Å². The smallest absolute Gasteiger partial charge is 0.417 e. The molecule has 2 aromatic rings. The van der Waals surface area contributed by atoms with Crippen LogP contribution in [-0.2, 0) is 12.7 Å². The second-order valence-corrected chi connectivity index (χ2v) is 4.31. The molecule has 3 N–H and O–H groups in total. The number of aromatic carboxylic acids is 1. The Bertz CT molecular complexity index is 677. The van der Waals surface area contributed by atoms with Crippen molar-refractivity contribution < 1.29 is 23.1 Å². The monoisotopic (exact) mass is 287 g/mol. The lowest BCUT2D eigenvalue weighted by Crippen LogP contribution is -2.16. The molecule has 0 unspecified atom stereocenters. The number of pyridine rings is 1. The summed E-state index contributed by atoms with van der Waals surface area (Å²) in [6.45, 7) is 1.79. The van der Waals surface area contributed by atoms with Crippen LogP contribution >= 0.6 is 0 Å². The third-order valence-corrected chi connectivity index (χ3v) is 3.03. The summed E-state index contributed by atoms with van der Waals surface area (Å²) in [7, 11) is 0. The molecular formula is C12H12F3N3O2. The fraction of sp³-hybridized carbons (Fsp3) is 0.333. The van der Waals surface area contributed by atoms with E-state index in [-0.39, 0.29) is 35.4 Å². The second-order valence-electron chi connectivity index (χ2n) is 4.31. The number of aromatic nitrogens is 2. The van der Waals surface area contributed by atoms with E-state index >= 15 is 0 Å². The first kappa shape index (κ1) is 14.3. The average Bonchev–Trinajstić information content (AvgIpc) is 2.62. The predicted molar refractivity (Wildman–Crippen MR) is 65.5 cm³/mol. The average molecular weight is 287 g/mol. The Morgan fingerprint density at radius 3 is 2.65 bits per heavy atom. The number of carboxylic acids is 1. The fourth-order valence-electron chi connectivity index (χ4n) is 2.16. The standard InChI is InChI=1S/C12H12F3N3O2/c1-6-8-4-7(12(13,14)15)5-17-10(8)18(3-2-16)9(6)11(19)20/h4-5H,2-3,16H2,1H3,(H,19,20). The largest absolute Gasteiger partial charge is 0.477 e. The van der Waals surface area contributed by atoms with Crippen molar-refractivity contribution >= 4 is 17.0 Å². The van der Waals surface area contributed by atoms with Crippen molar-refractivity contribution in [2.24, 2.45) is 5.73 Å². The second kappa shape index (κ2) is 4.78. The molecule has 0 aliphatic rings. The van der Waals surface area contributed by atoms with E-state index in [1.54, 1.807) is 0 Å². The van der Waals surface area contributed by atoms with Crippen LogP contribution < -0.4 is 5.73 Å². The molecule has 2 rings (SSSR count). The Morgan fingerprint density at radius 2 is 2.15 bits per heavy atom. The van der Waals surface area contributed by atoms with E-state index < -0.39 is 17.7 Å². The van der Waals surface area contributed by atoms with Gasteiger partial charge in [-0.25, -0.2) is 9.78 Å². The number of fused-ring (bicyclic) bond motifs is 1. The third-order valence-electron chi connectivity index (χ3n) is 3.03. The van der Waals surface area contributed by atoms with Gasteiger partial charge in [0.15, 0.2) is 0 Å². The minimum Gasteiger partial charge on any atom is -0.477 e. The van der Waals surface area contributed by atoms with Crippen LogP contribution in [0.15, 0.2) is 12.3 Å². The third kappa shape index (κ3) is 2.22. The van der Waals surface area contributed by atoms with Gasteiger partial charge in [-0.15, -0.1) is 0 Å². The topological polar surface area (TPSA) is 81.1 Å². The van der Waals surface area contributed by atoms with Crippen molar-refractivity contribution in [1.29, 1.82) is 0 Å². The van der Waals surface area contributed by atoms with E-state index in [1.807, 2.05) is 0 Å². The van der Waals surface area contributed by atoms with Gasteiger partial charge in [-0.1, -0.05) is 0 Å². The molecule has 0 aromatic carbocycles. The Labute approximate surface area is 111 Å². The summed E-state index contributed by atoms with van der Waals surface area (Å²) >= 11 is 0. The molecule has 0 saturated carbocycles. The summed E-state index contributed by atoms with van der Waals surface area (Å²) < 4.78 is 39.4. The molecule has 2 aromatic heterocycles. The number of carbonyl (C=O) groups is 1. The Balaban J connectivity index is 2.78. The zero-order valence-corrected chi connectivity index (χ0v) is 10.5. The molecule has 0 amide bonds. The van der Waals surface area contributed by atoms with Gasteiger partial charge in [0.25, 0.3) is 0 Å². The van der Waals surface area contributed by atoms with Crippen LogP contribution in [-0.4, -0.2) is 27.2 Å². The van der Waals surface area contributed by atoms with Crippen LogP contribution in [0.2, 0.25) is 0 Å². The van der Waals surface area contributed by atoms with Gasteiger partial charge in [-0.3, -0.25) is 0 Å². The van der Waals surface area contributed by atoms with E-state index in [0.717, 1.165) is 6.07 Å². The highest BCUT2D eigenvalue weighted by Gasteiger charge is 2.32. The molecule has 2 heterocycles. The van der Waals surface area contributed by atoms with E-state index in [4.69, 9.17) is 5.73 Å². The molecule has 108 valence electrons. The van der Waals surface area contributed by atoms with E-state index in [9.17, 15) is 23.1 Å². The van der Waals surface area contributed by atoms with E-state index in [1.165, 1.54) is 11.5 Å². The number of hydrogen-bond donors (Lipinski definition) is 2. The van der Waals surface area contributed by atoms with Gasteiger partial charge in [-0.2, -0.15) is 13.2 Å². The van der Waals surface area contributed by atoms with Crippen LogP contribution in [0.1, 0.15) is 21.6 Å². The number of halogens is 3. The molecule has 20 heavy (non-hydrogen) atoms. The number of nitrogens with zero attached hydrogens (tertiary/aromatic N) is 2. The SMILES string of the molecule is Cc1c(C(=O)O)n(CCN)c2ncc(C(F)(F)F)cc12. The summed E-state index contributed by atoms with van der Waals surface area (Å²) in [6, 6.07) is 0.914. The number of hydrogen-bond acceptors (Lipinski definition) is 3. The Kier molecular flexibility index (Phi) is 3.43. The van der Waals surface area contributed by atoms with Crippen LogP contribution in [0, 0.1) is 6.92 Å². The van der Waals surface area contributed by atoms with Crippen molar-refractivity contribution in [3.8, 4) is 0 Å². The molecule has 0 atom stereocenters. The minimum atomic E-state index is -4.52. The fourth-order valence-corrected chi connectivity index (χ4v) is 2.16. The molecule has 0 saturated heterocycles. The highest BCUT2D eigenvalue weighted by atomic mass is 19.4. The number of carboxylic acid groups (broad SMARTS) is 1. The molecule has 0 fully saturated rings. The van der Waals surface area contributed by atoms with Crippen molar-refractivity contribution in [2.75, 3.05) is 6.54 Å². The number of aryl methyl sites for hydroxylation is 1. The van der Waals surface area contributed by atoms with Crippen molar-refractivity contribution in [3.63, 3.8) is 0 Å². The van der Waals surface area contributed by atoms with E-state index in [2.05, 4.69) is 4.98 Å². The van der Waals surface area contributed by atoms with Crippen molar-refractivity contribution in [1.82, 2.24) is 9.55 Å². The maximum absolute atomic E-state index is 12.7. The summed E-state index contributed by atoms with van der Waals surface area (Å²) in [6.07, 6.45) is -3.83. The molecule has 8 heteroatoms. The predicted octanol–water partition coefficient (Wildman–Crippen LogP) is 2.02. The summed E-state index contributed by atoms with van der Waals surface area (Å²) in [5, 5.41) is 9.36. The van der Waals surface area contributed by atoms with Gasteiger partial charge in [0, 0.05) is 24.7 Å². The van der Waals surface area contributed by atoms with Crippen molar-refractivity contribution in [2.45, 2.75) is 19.6 Å². The van der Waals surface area contributed by atoms with Crippen LogP contribution in [0.4, 0.5) is 13.2 Å².